The Bertz CT molecular complexity index is 641. The van der Waals surface area contributed by atoms with E-state index in [9.17, 15) is 19.5 Å². The largest absolute Gasteiger partial charge is 0.478 e. The van der Waals surface area contributed by atoms with Gasteiger partial charge in [0.2, 0.25) is 11.8 Å². The normalized spacial score (nSPS) is 27.5. The summed E-state index contributed by atoms with van der Waals surface area (Å²) in [6.07, 6.45) is 1.34. The lowest BCUT2D eigenvalue weighted by atomic mass is 9.96. The van der Waals surface area contributed by atoms with E-state index in [1.54, 1.807) is 0 Å². The third kappa shape index (κ3) is 2.34. The van der Waals surface area contributed by atoms with E-state index in [1.807, 2.05) is 17.5 Å². The number of carbonyl (C=O) groups is 3. The number of nitrogens with one attached hydrogen (secondary N) is 1. The second-order valence-electron chi connectivity index (χ2n) is 4.74. The van der Waals surface area contributed by atoms with Crippen LogP contribution in [0.5, 0.6) is 0 Å². The highest BCUT2D eigenvalue weighted by atomic mass is 32.2. The van der Waals surface area contributed by atoms with Crippen LogP contribution in [-0.4, -0.2) is 38.5 Å². The zero-order valence-electron chi connectivity index (χ0n) is 11.0. The molecule has 2 N–H and O–H groups in total. The van der Waals surface area contributed by atoms with Gasteiger partial charge < -0.3 is 15.3 Å². The molecule has 0 spiro atoms. The highest BCUT2D eigenvalue weighted by Gasteiger charge is 2.52. The molecule has 8 heteroatoms. The number of thioether (sulfide) groups is 1. The average Bonchev–Trinajstić information content (AvgIpc) is 2.90. The molecule has 6 nitrogen and oxygen atoms in total. The summed E-state index contributed by atoms with van der Waals surface area (Å²) in [5.41, 5.74) is 0.0180. The van der Waals surface area contributed by atoms with Crippen molar-refractivity contribution in [3.63, 3.8) is 0 Å². The Morgan fingerprint density at radius 3 is 2.76 bits per heavy atom. The van der Waals surface area contributed by atoms with Crippen LogP contribution in [0.4, 0.5) is 0 Å². The van der Waals surface area contributed by atoms with Gasteiger partial charge in [-0.1, -0.05) is 6.07 Å². The van der Waals surface area contributed by atoms with Gasteiger partial charge in [-0.3, -0.25) is 9.59 Å². The highest BCUT2D eigenvalue weighted by Crippen LogP contribution is 2.48. The van der Waals surface area contributed by atoms with Crippen molar-refractivity contribution >= 4 is 40.9 Å². The summed E-state index contributed by atoms with van der Waals surface area (Å²) in [6.45, 7) is 1.34. The topological polar surface area (TPSA) is 86.7 Å². The Morgan fingerprint density at radius 2 is 2.19 bits per heavy atom. The smallest absolute Gasteiger partial charge is 0.336 e. The van der Waals surface area contributed by atoms with Gasteiger partial charge in [0.1, 0.15) is 16.7 Å². The number of rotatable bonds is 3. The maximum Gasteiger partial charge on any atom is 0.336 e. The monoisotopic (exact) mass is 324 g/mol. The number of β-lactam (4-membered cyclic amide) rings is 1. The molecule has 0 aliphatic carbocycles. The van der Waals surface area contributed by atoms with Crippen LogP contribution in [0.15, 0.2) is 29.3 Å². The van der Waals surface area contributed by atoms with E-state index in [2.05, 4.69) is 5.32 Å². The molecule has 21 heavy (non-hydrogen) atoms. The number of fused-ring (bicyclic) bond motifs is 1. The first-order valence-corrected chi connectivity index (χ1v) is 8.04. The molecule has 1 aromatic heterocycles. The molecule has 3 heterocycles. The molecule has 1 saturated heterocycles. The fourth-order valence-electron chi connectivity index (χ4n) is 2.39. The van der Waals surface area contributed by atoms with E-state index < -0.39 is 11.3 Å². The van der Waals surface area contributed by atoms with Gasteiger partial charge in [0, 0.05) is 18.0 Å². The maximum atomic E-state index is 12.2. The number of carboxylic acids is 1. The van der Waals surface area contributed by atoms with Crippen LogP contribution in [0, 0.1) is 0 Å². The Hall–Kier alpha value is -1.80. The molecular weight excluding hydrogens is 312 g/mol. The molecular formula is C13H12N2O4S2. The molecule has 0 radical (unpaired) electrons. The van der Waals surface area contributed by atoms with Gasteiger partial charge in [-0.15, -0.1) is 23.1 Å². The van der Waals surface area contributed by atoms with Gasteiger partial charge in [0.05, 0.1) is 5.57 Å². The fourth-order valence-corrected chi connectivity index (χ4v) is 4.86. The minimum atomic E-state index is -1.13. The second kappa shape index (κ2) is 5.19. The van der Waals surface area contributed by atoms with E-state index in [1.165, 1.54) is 41.1 Å². The lowest BCUT2D eigenvalue weighted by Gasteiger charge is -2.48. The summed E-state index contributed by atoms with van der Waals surface area (Å²) >= 11 is 2.79. The van der Waals surface area contributed by atoms with Crippen LogP contribution in [-0.2, 0) is 14.4 Å². The van der Waals surface area contributed by atoms with Gasteiger partial charge in [-0.05, 0) is 11.4 Å². The maximum absolute atomic E-state index is 12.2. The number of nitrogens with zero attached hydrogens (tertiary/aromatic N) is 1. The molecule has 1 fully saturated rings. The lowest BCUT2D eigenvalue weighted by molar-refractivity contribution is -0.140. The number of amides is 2. The van der Waals surface area contributed by atoms with E-state index in [4.69, 9.17) is 0 Å². The summed E-state index contributed by atoms with van der Waals surface area (Å²) in [5.74, 6) is -1.80. The van der Waals surface area contributed by atoms with Crippen molar-refractivity contribution in [2.45, 2.75) is 23.6 Å². The van der Waals surface area contributed by atoms with Crippen LogP contribution in [0.2, 0.25) is 0 Å². The van der Waals surface area contributed by atoms with Crippen molar-refractivity contribution in [3.8, 4) is 0 Å². The summed E-state index contributed by atoms with van der Waals surface area (Å²) in [4.78, 5) is 37.1. The van der Waals surface area contributed by atoms with Gasteiger partial charge in [0.25, 0.3) is 0 Å². The highest BCUT2D eigenvalue weighted by molar-refractivity contribution is 8.00. The predicted octanol–water partition coefficient (Wildman–Crippen LogP) is 1.18. The molecule has 2 aliphatic heterocycles. The SMILES string of the molecule is CC(=O)NC1S[C@@H]2C(c3cccs3)C(=O)N2C=C1C(=O)O. The van der Waals surface area contributed by atoms with Gasteiger partial charge >= 0.3 is 5.97 Å². The summed E-state index contributed by atoms with van der Waals surface area (Å²) in [5, 5.41) is 12.9. The Labute approximate surface area is 128 Å². The molecule has 2 unspecified atom stereocenters. The lowest BCUT2D eigenvalue weighted by Crippen LogP contribution is -2.59. The van der Waals surface area contributed by atoms with E-state index in [-0.39, 0.29) is 28.7 Å². The van der Waals surface area contributed by atoms with Crippen molar-refractivity contribution in [2.24, 2.45) is 0 Å². The molecule has 2 amide bonds. The number of carboxylic acid groups (broad SMARTS) is 1. The summed E-state index contributed by atoms with van der Waals surface area (Å²) in [6, 6.07) is 3.78. The predicted molar refractivity (Wildman–Crippen MR) is 78.6 cm³/mol. The molecule has 110 valence electrons. The van der Waals surface area contributed by atoms with E-state index in [0.717, 1.165) is 4.88 Å². The van der Waals surface area contributed by atoms with Crippen LogP contribution < -0.4 is 5.32 Å². The summed E-state index contributed by atoms with van der Waals surface area (Å²) in [7, 11) is 0. The number of hydrogen-bond donors (Lipinski definition) is 2. The standard InChI is InChI=1S/C13H12N2O4S2/c1-6(16)14-10-7(13(18)19)5-15-11(17)9(12(15)21-10)8-3-2-4-20-8/h2-5,9-10,12H,1H3,(H,14,16)(H,18,19)/t9?,10?,12-/m1/s1. The van der Waals surface area contributed by atoms with Crippen LogP contribution in [0.1, 0.15) is 17.7 Å². The van der Waals surface area contributed by atoms with Crippen molar-refractivity contribution in [2.75, 3.05) is 0 Å². The van der Waals surface area contributed by atoms with Crippen molar-refractivity contribution in [1.82, 2.24) is 10.2 Å². The summed E-state index contributed by atoms with van der Waals surface area (Å²) < 4.78 is 0. The van der Waals surface area contributed by atoms with E-state index >= 15 is 0 Å². The number of carbonyl (C=O) groups excluding carboxylic acids is 2. The molecule has 2 aliphatic rings. The van der Waals surface area contributed by atoms with Gasteiger partial charge in [-0.25, -0.2) is 4.79 Å². The molecule has 0 bridgehead atoms. The van der Waals surface area contributed by atoms with E-state index in [0.29, 0.717) is 0 Å². The first-order valence-electron chi connectivity index (χ1n) is 6.22. The molecule has 3 atom stereocenters. The first kappa shape index (κ1) is 14.2. The van der Waals surface area contributed by atoms with Gasteiger partial charge in [-0.2, -0.15) is 0 Å². The number of thiophene rings is 1. The third-order valence-electron chi connectivity index (χ3n) is 3.35. The Morgan fingerprint density at radius 1 is 1.43 bits per heavy atom. The van der Waals surface area contributed by atoms with Gasteiger partial charge in [0.15, 0.2) is 0 Å². The molecule has 1 aromatic rings. The number of hydrogen-bond acceptors (Lipinski definition) is 5. The van der Waals surface area contributed by atoms with Crippen LogP contribution in [0.3, 0.4) is 0 Å². The fraction of sp³-hybridized carbons (Fsp3) is 0.308. The Kier molecular flexibility index (Phi) is 3.50. The quantitative estimate of drug-likeness (QED) is 0.815. The van der Waals surface area contributed by atoms with Crippen molar-refractivity contribution in [1.29, 1.82) is 0 Å². The zero-order chi connectivity index (χ0) is 15.1. The van der Waals surface area contributed by atoms with Crippen LogP contribution in [0.25, 0.3) is 0 Å². The average molecular weight is 324 g/mol. The molecule has 3 rings (SSSR count). The first-order chi connectivity index (χ1) is 9.99. The third-order valence-corrected chi connectivity index (χ3v) is 5.72. The minimum absolute atomic E-state index is 0.0180. The second-order valence-corrected chi connectivity index (χ2v) is 6.94. The molecule has 0 saturated carbocycles. The zero-order valence-corrected chi connectivity index (χ0v) is 12.6. The van der Waals surface area contributed by atoms with Crippen molar-refractivity contribution < 1.29 is 19.5 Å². The minimum Gasteiger partial charge on any atom is -0.478 e. The Balaban J connectivity index is 1.89. The van der Waals surface area contributed by atoms with Crippen LogP contribution >= 0.6 is 23.1 Å². The molecule has 0 aromatic carbocycles. The number of aliphatic carboxylic acids is 1. The van der Waals surface area contributed by atoms with Crippen molar-refractivity contribution in [3.05, 3.63) is 34.2 Å².